The molecule has 1 aliphatic rings. The Balaban J connectivity index is 2.09. The van der Waals surface area contributed by atoms with Crippen LogP contribution in [0.1, 0.15) is 42.1 Å². The van der Waals surface area contributed by atoms with Gasteiger partial charge >= 0.3 is 0 Å². The molecule has 0 saturated carbocycles. The van der Waals surface area contributed by atoms with Gasteiger partial charge < -0.3 is 10.6 Å². The quantitative estimate of drug-likeness (QED) is 0.878. The molecule has 6 heteroatoms. The van der Waals surface area contributed by atoms with Crippen LogP contribution < -0.4 is 5.73 Å². The highest BCUT2D eigenvalue weighted by Crippen LogP contribution is 2.38. The van der Waals surface area contributed by atoms with Gasteiger partial charge in [-0.05, 0) is 33.6 Å². The van der Waals surface area contributed by atoms with E-state index in [4.69, 9.17) is 5.73 Å². The second-order valence-electron chi connectivity index (χ2n) is 6.11. The number of amides is 1. The van der Waals surface area contributed by atoms with Crippen molar-refractivity contribution in [3.63, 3.8) is 0 Å². The van der Waals surface area contributed by atoms with E-state index in [1.54, 1.807) is 4.68 Å². The molecule has 3 heterocycles. The third kappa shape index (κ3) is 1.74. The van der Waals surface area contributed by atoms with Crippen LogP contribution in [-0.4, -0.2) is 32.7 Å². The number of carbonyl (C=O) groups is 1. The third-order valence-electron chi connectivity index (χ3n) is 4.22. The minimum Gasteiger partial charge on any atom is -0.397 e. The predicted molar refractivity (Wildman–Crippen MR) is 82.1 cm³/mol. The van der Waals surface area contributed by atoms with Crippen molar-refractivity contribution in [2.75, 3.05) is 12.3 Å². The number of thiophene rings is 1. The molecule has 1 aliphatic heterocycles. The zero-order valence-electron chi connectivity index (χ0n) is 12.4. The molecule has 2 N–H and O–H groups in total. The summed E-state index contributed by atoms with van der Waals surface area (Å²) in [6.07, 6.45) is 2.11. The van der Waals surface area contributed by atoms with E-state index in [9.17, 15) is 4.79 Å². The van der Waals surface area contributed by atoms with Crippen LogP contribution in [-0.2, 0) is 7.05 Å². The van der Waals surface area contributed by atoms with Crippen molar-refractivity contribution in [1.29, 1.82) is 0 Å². The van der Waals surface area contributed by atoms with Gasteiger partial charge in [-0.2, -0.15) is 5.10 Å². The smallest absolute Gasteiger partial charge is 0.266 e. The molecular weight excluding hydrogens is 272 g/mol. The average molecular weight is 292 g/mol. The van der Waals surface area contributed by atoms with Crippen molar-refractivity contribution >= 4 is 33.1 Å². The van der Waals surface area contributed by atoms with Gasteiger partial charge in [-0.3, -0.25) is 9.48 Å². The minimum atomic E-state index is -0.0764. The van der Waals surface area contributed by atoms with Crippen molar-refractivity contribution < 1.29 is 4.79 Å². The third-order valence-corrected chi connectivity index (χ3v) is 5.48. The van der Waals surface area contributed by atoms with Gasteiger partial charge in [0.25, 0.3) is 5.91 Å². The van der Waals surface area contributed by atoms with E-state index in [1.807, 2.05) is 18.9 Å². The first-order valence-corrected chi connectivity index (χ1v) is 7.68. The second kappa shape index (κ2) is 4.22. The molecule has 0 aliphatic carbocycles. The van der Waals surface area contributed by atoms with E-state index in [-0.39, 0.29) is 11.4 Å². The normalized spacial score (nSPS) is 18.1. The highest BCUT2D eigenvalue weighted by molar-refractivity contribution is 7.21. The highest BCUT2D eigenvalue weighted by Gasteiger charge is 2.37. The molecule has 1 fully saturated rings. The van der Waals surface area contributed by atoms with E-state index in [2.05, 4.69) is 18.9 Å². The van der Waals surface area contributed by atoms with Crippen molar-refractivity contribution in [2.45, 2.75) is 39.2 Å². The van der Waals surface area contributed by atoms with E-state index >= 15 is 0 Å². The standard InChI is InChI=1S/C14H20N4OS/c1-8-9-10(15)11(20-13(9)17(4)16-8)12(19)18-7-5-6-14(18,2)3/h5-7,15H2,1-4H3. The Morgan fingerprint density at radius 3 is 2.70 bits per heavy atom. The number of hydrogen-bond donors (Lipinski definition) is 1. The van der Waals surface area contributed by atoms with Gasteiger partial charge in [-0.1, -0.05) is 0 Å². The lowest BCUT2D eigenvalue weighted by atomic mass is 10.0. The first-order valence-electron chi connectivity index (χ1n) is 6.86. The summed E-state index contributed by atoms with van der Waals surface area (Å²) in [6.45, 7) is 6.98. The maximum absolute atomic E-state index is 12.8. The molecule has 1 saturated heterocycles. The largest absolute Gasteiger partial charge is 0.397 e. The zero-order chi connectivity index (χ0) is 14.7. The fourth-order valence-corrected chi connectivity index (χ4v) is 4.23. The van der Waals surface area contributed by atoms with Gasteiger partial charge in [-0.25, -0.2) is 0 Å². The SMILES string of the molecule is Cc1nn(C)c2sc(C(=O)N3CCCC3(C)C)c(N)c12. The molecule has 2 aromatic heterocycles. The molecule has 0 spiro atoms. The van der Waals surface area contributed by atoms with Crippen molar-refractivity contribution in [3.8, 4) is 0 Å². The van der Waals surface area contributed by atoms with Crippen LogP contribution >= 0.6 is 11.3 Å². The number of nitrogens with zero attached hydrogens (tertiary/aromatic N) is 3. The summed E-state index contributed by atoms with van der Waals surface area (Å²) in [5, 5.41) is 5.29. The fourth-order valence-electron chi connectivity index (χ4n) is 3.09. The first kappa shape index (κ1) is 13.4. The van der Waals surface area contributed by atoms with Gasteiger partial charge in [-0.15, -0.1) is 11.3 Å². The van der Waals surface area contributed by atoms with Gasteiger partial charge in [0.05, 0.1) is 16.8 Å². The number of likely N-dealkylation sites (tertiary alicyclic amines) is 1. The second-order valence-corrected chi connectivity index (χ2v) is 7.11. The van der Waals surface area contributed by atoms with Gasteiger partial charge in [0.15, 0.2) is 0 Å². The summed E-state index contributed by atoms with van der Waals surface area (Å²) in [6, 6.07) is 0. The van der Waals surface area contributed by atoms with Crippen molar-refractivity contribution in [1.82, 2.24) is 14.7 Å². The molecule has 0 radical (unpaired) electrons. The molecule has 0 bridgehead atoms. The van der Waals surface area contributed by atoms with Crippen LogP contribution in [0.3, 0.4) is 0 Å². The number of carbonyl (C=O) groups excluding carboxylic acids is 1. The van der Waals surface area contributed by atoms with E-state index < -0.39 is 0 Å². The lowest BCUT2D eigenvalue weighted by molar-refractivity contribution is 0.0658. The number of nitrogen functional groups attached to an aromatic ring is 1. The Hall–Kier alpha value is -1.56. The van der Waals surface area contributed by atoms with Crippen molar-refractivity contribution in [2.24, 2.45) is 7.05 Å². The number of fused-ring (bicyclic) bond motifs is 1. The van der Waals surface area contributed by atoms with Crippen LogP contribution in [0.25, 0.3) is 10.2 Å². The summed E-state index contributed by atoms with van der Waals surface area (Å²) in [7, 11) is 1.89. The minimum absolute atomic E-state index is 0.0607. The Labute approximate surface area is 122 Å². The molecule has 5 nitrogen and oxygen atoms in total. The molecule has 0 unspecified atom stereocenters. The average Bonchev–Trinajstić information content (AvgIpc) is 2.96. The summed E-state index contributed by atoms with van der Waals surface area (Å²) in [4.78, 5) is 16.4. The monoisotopic (exact) mass is 292 g/mol. The lowest BCUT2D eigenvalue weighted by Crippen LogP contribution is -2.42. The lowest BCUT2D eigenvalue weighted by Gasteiger charge is -2.31. The Morgan fingerprint density at radius 2 is 2.15 bits per heavy atom. The molecular formula is C14H20N4OS. The number of aryl methyl sites for hydroxylation is 2. The molecule has 0 atom stereocenters. The molecule has 2 aromatic rings. The van der Waals surface area contributed by atoms with E-state index in [0.29, 0.717) is 10.6 Å². The molecule has 1 amide bonds. The maximum Gasteiger partial charge on any atom is 0.266 e. The van der Waals surface area contributed by atoms with Gasteiger partial charge in [0.2, 0.25) is 0 Å². The maximum atomic E-state index is 12.8. The summed E-state index contributed by atoms with van der Waals surface area (Å²) in [5.74, 6) is 0.0607. The van der Waals surface area contributed by atoms with Crippen LogP contribution in [0.5, 0.6) is 0 Å². The Morgan fingerprint density at radius 1 is 1.45 bits per heavy atom. The number of hydrogen-bond acceptors (Lipinski definition) is 4. The molecule has 108 valence electrons. The van der Waals surface area contributed by atoms with Crippen LogP contribution in [0.4, 0.5) is 5.69 Å². The zero-order valence-corrected chi connectivity index (χ0v) is 13.2. The number of rotatable bonds is 1. The number of nitrogens with two attached hydrogens (primary N) is 1. The number of aromatic nitrogens is 2. The highest BCUT2D eigenvalue weighted by atomic mass is 32.1. The van der Waals surface area contributed by atoms with Gasteiger partial charge in [0, 0.05) is 19.1 Å². The van der Waals surface area contributed by atoms with Crippen LogP contribution in [0, 0.1) is 6.92 Å². The topological polar surface area (TPSA) is 64.2 Å². The molecule has 3 rings (SSSR count). The summed E-state index contributed by atoms with van der Waals surface area (Å²) >= 11 is 1.45. The van der Waals surface area contributed by atoms with Crippen molar-refractivity contribution in [3.05, 3.63) is 10.6 Å². The summed E-state index contributed by atoms with van der Waals surface area (Å²) < 4.78 is 1.80. The van der Waals surface area contributed by atoms with Crippen LogP contribution in [0.2, 0.25) is 0 Å². The van der Waals surface area contributed by atoms with E-state index in [1.165, 1.54) is 11.3 Å². The van der Waals surface area contributed by atoms with Crippen LogP contribution in [0.15, 0.2) is 0 Å². The molecule has 20 heavy (non-hydrogen) atoms. The summed E-state index contributed by atoms with van der Waals surface area (Å²) in [5.41, 5.74) is 7.61. The first-order chi connectivity index (χ1) is 9.33. The Kier molecular flexibility index (Phi) is 2.83. The van der Waals surface area contributed by atoms with E-state index in [0.717, 1.165) is 35.3 Å². The molecule has 0 aromatic carbocycles. The predicted octanol–water partition coefficient (Wildman–Crippen LogP) is 2.54. The van der Waals surface area contributed by atoms with Gasteiger partial charge in [0.1, 0.15) is 9.71 Å². The fraction of sp³-hybridized carbons (Fsp3) is 0.571. The Bertz CT molecular complexity index is 698. The number of anilines is 1.